The highest BCUT2D eigenvalue weighted by atomic mass is 35.5. The van der Waals surface area contributed by atoms with Crippen molar-refractivity contribution >= 4 is 51.3 Å². The number of nitrogens with zero attached hydrogens (tertiary/aromatic N) is 4. The van der Waals surface area contributed by atoms with Gasteiger partial charge in [0.15, 0.2) is 0 Å². The van der Waals surface area contributed by atoms with Gasteiger partial charge in [0.2, 0.25) is 11.0 Å². The summed E-state index contributed by atoms with van der Waals surface area (Å²) in [4.78, 5) is 37.3. The molecule has 158 valence electrons. The van der Waals surface area contributed by atoms with Gasteiger partial charge in [-0.05, 0) is 37.3 Å². The average molecular weight is 458 g/mol. The fourth-order valence-corrected chi connectivity index (χ4v) is 4.38. The zero-order chi connectivity index (χ0) is 22.1. The molecule has 0 aliphatic carbocycles. The number of aromatic nitrogens is 2. The van der Waals surface area contributed by atoms with Gasteiger partial charge < -0.3 is 4.90 Å². The molecule has 0 saturated carbocycles. The van der Waals surface area contributed by atoms with E-state index in [-0.39, 0.29) is 40.2 Å². The Kier molecular flexibility index (Phi) is 5.66. The van der Waals surface area contributed by atoms with E-state index in [0.717, 1.165) is 5.69 Å². The summed E-state index contributed by atoms with van der Waals surface area (Å²) in [6, 6.07) is 11.3. The molecule has 31 heavy (non-hydrogen) atoms. The number of benzene rings is 2. The second kappa shape index (κ2) is 8.40. The van der Waals surface area contributed by atoms with Crippen LogP contribution in [0.1, 0.15) is 33.3 Å². The Balaban J connectivity index is 1.47. The fourth-order valence-electron chi connectivity index (χ4n) is 3.43. The molecular formula is C20H16ClN5O4S. The van der Waals surface area contributed by atoms with Crippen LogP contribution in [0, 0.1) is 17.0 Å². The molecule has 4 rings (SSSR count). The Bertz CT molecular complexity index is 1180. The zero-order valence-corrected chi connectivity index (χ0v) is 17.8. The van der Waals surface area contributed by atoms with Gasteiger partial charge >= 0.3 is 0 Å². The van der Waals surface area contributed by atoms with Crippen molar-refractivity contribution in [3.05, 3.63) is 73.7 Å². The van der Waals surface area contributed by atoms with Crippen LogP contribution in [-0.2, 0) is 4.79 Å². The van der Waals surface area contributed by atoms with Gasteiger partial charge in [-0.2, -0.15) is 0 Å². The predicted octanol–water partition coefficient (Wildman–Crippen LogP) is 4.18. The lowest BCUT2D eigenvalue weighted by atomic mass is 10.1. The van der Waals surface area contributed by atoms with Crippen LogP contribution in [0.3, 0.4) is 0 Å². The third kappa shape index (κ3) is 4.25. The average Bonchev–Trinajstić information content (AvgIpc) is 3.35. The maximum Gasteiger partial charge on any atom is 0.273 e. The summed E-state index contributed by atoms with van der Waals surface area (Å²) in [6.07, 6.45) is 0.287. The molecule has 2 heterocycles. The summed E-state index contributed by atoms with van der Waals surface area (Å²) in [5.41, 5.74) is 1.10. The van der Waals surface area contributed by atoms with Crippen molar-refractivity contribution in [2.75, 3.05) is 16.8 Å². The van der Waals surface area contributed by atoms with Crippen molar-refractivity contribution in [2.45, 2.75) is 19.3 Å². The Morgan fingerprint density at radius 3 is 2.71 bits per heavy atom. The van der Waals surface area contributed by atoms with Crippen LogP contribution in [0.2, 0.25) is 5.02 Å². The molecule has 0 radical (unpaired) electrons. The molecule has 1 aliphatic rings. The summed E-state index contributed by atoms with van der Waals surface area (Å²) in [6.45, 7) is 1.97. The minimum Gasteiger partial charge on any atom is -0.312 e. The molecule has 1 aromatic heterocycles. The molecule has 0 bridgehead atoms. The van der Waals surface area contributed by atoms with E-state index in [0.29, 0.717) is 16.6 Å². The molecule has 1 fully saturated rings. The highest BCUT2D eigenvalue weighted by Crippen LogP contribution is 2.34. The van der Waals surface area contributed by atoms with Gasteiger partial charge in [-0.1, -0.05) is 29.0 Å². The van der Waals surface area contributed by atoms with Crippen LogP contribution < -0.4 is 10.2 Å². The molecule has 0 spiro atoms. The van der Waals surface area contributed by atoms with E-state index in [2.05, 4.69) is 15.5 Å². The molecule has 2 amide bonds. The van der Waals surface area contributed by atoms with E-state index in [9.17, 15) is 19.7 Å². The minimum absolute atomic E-state index is 0.0275. The van der Waals surface area contributed by atoms with Gasteiger partial charge in [0.1, 0.15) is 5.01 Å². The van der Waals surface area contributed by atoms with E-state index in [1.165, 1.54) is 36.5 Å². The first-order valence-corrected chi connectivity index (χ1v) is 10.5. The van der Waals surface area contributed by atoms with Crippen LogP contribution in [-0.4, -0.2) is 33.5 Å². The van der Waals surface area contributed by atoms with E-state index in [4.69, 9.17) is 11.6 Å². The second-order valence-electron chi connectivity index (χ2n) is 6.99. The number of carbonyl (C=O) groups excluding carboxylic acids is 2. The highest BCUT2D eigenvalue weighted by molar-refractivity contribution is 7.15. The second-order valence-corrected chi connectivity index (χ2v) is 8.43. The first-order chi connectivity index (χ1) is 14.8. The standard InChI is InChI=1S/C20H16ClN5O4S/c1-11-15(3-2-4-16(11)26(29)30)18(28)22-20-24-23-19(31-20)12-9-17(27)25(10-12)14-7-5-13(21)6-8-14/h2-8,12H,9-10H2,1H3,(H,22,24,28). The summed E-state index contributed by atoms with van der Waals surface area (Å²) in [7, 11) is 0. The van der Waals surface area contributed by atoms with Crippen molar-refractivity contribution in [3.63, 3.8) is 0 Å². The highest BCUT2D eigenvalue weighted by Gasteiger charge is 2.34. The van der Waals surface area contributed by atoms with Gasteiger partial charge in [-0.15, -0.1) is 10.2 Å². The summed E-state index contributed by atoms with van der Waals surface area (Å²) >= 11 is 7.10. The lowest BCUT2D eigenvalue weighted by molar-refractivity contribution is -0.385. The van der Waals surface area contributed by atoms with E-state index >= 15 is 0 Å². The molecule has 1 N–H and O–H groups in total. The maximum atomic E-state index is 12.6. The van der Waals surface area contributed by atoms with Crippen LogP contribution >= 0.6 is 22.9 Å². The van der Waals surface area contributed by atoms with Gasteiger partial charge in [-0.25, -0.2) is 0 Å². The number of carbonyl (C=O) groups is 2. The molecule has 1 saturated heterocycles. The lowest BCUT2D eigenvalue weighted by Crippen LogP contribution is -2.24. The number of halogens is 1. The van der Waals surface area contributed by atoms with Crippen molar-refractivity contribution in [2.24, 2.45) is 0 Å². The minimum atomic E-state index is -0.529. The molecule has 2 aromatic carbocycles. The van der Waals surface area contributed by atoms with Crippen LogP contribution in [0.4, 0.5) is 16.5 Å². The molecule has 9 nitrogen and oxygen atoms in total. The maximum absolute atomic E-state index is 12.6. The molecule has 11 heteroatoms. The van der Waals surface area contributed by atoms with E-state index in [1.54, 1.807) is 29.2 Å². The first-order valence-electron chi connectivity index (χ1n) is 9.28. The van der Waals surface area contributed by atoms with Gasteiger partial charge in [0.25, 0.3) is 11.6 Å². The Labute approximate surface area is 185 Å². The van der Waals surface area contributed by atoms with Crippen LogP contribution in [0.5, 0.6) is 0 Å². The van der Waals surface area contributed by atoms with Gasteiger partial charge in [-0.3, -0.25) is 25.0 Å². The molecule has 3 aromatic rings. The fraction of sp³-hybridized carbons (Fsp3) is 0.200. The van der Waals surface area contributed by atoms with Crippen molar-refractivity contribution in [1.82, 2.24) is 10.2 Å². The smallest absolute Gasteiger partial charge is 0.273 e. The van der Waals surface area contributed by atoms with Crippen molar-refractivity contribution in [1.29, 1.82) is 0 Å². The Hall–Kier alpha value is -3.37. The third-order valence-electron chi connectivity index (χ3n) is 5.02. The number of hydrogen-bond acceptors (Lipinski definition) is 7. The summed E-state index contributed by atoms with van der Waals surface area (Å²) in [5, 5.41) is 23.4. The number of amides is 2. The normalized spacial score (nSPS) is 15.9. The van der Waals surface area contributed by atoms with Crippen molar-refractivity contribution in [3.8, 4) is 0 Å². The van der Waals surface area contributed by atoms with E-state index in [1.807, 2.05) is 0 Å². The number of nitro groups is 1. The summed E-state index contributed by atoms with van der Waals surface area (Å²) < 4.78 is 0. The molecule has 1 aliphatic heterocycles. The number of nitrogens with one attached hydrogen (secondary N) is 1. The third-order valence-corrected chi connectivity index (χ3v) is 6.27. The predicted molar refractivity (Wildman–Crippen MR) is 117 cm³/mol. The van der Waals surface area contributed by atoms with E-state index < -0.39 is 10.8 Å². The number of nitro benzene ring substituents is 1. The molecular weight excluding hydrogens is 442 g/mol. The quantitative estimate of drug-likeness (QED) is 0.453. The lowest BCUT2D eigenvalue weighted by Gasteiger charge is -2.16. The largest absolute Gasteiger partial charge is 0.312 e. The van der Waals surface area contributed by atoms with Gasteiger partial charge in [0.05, 0.1) is 4.92 Å². The number of hydrogen-bond donors (Lipinski definition) is 1. The zero-order valence-electron chi connectivity index (χ0n) is 16.2. The monoisotopic (exact) mass is 457 g/mol. The molecule has 1 atom stereocenters. The van der Waals surface area contributed by atoms with Crippen LogP contribution in [0.25, 0.3) is 0 Å². The first kappa shape index (κ1) is 20.9. The van der Waals surface area contributed by atoms with Gasteiger partial charge in [0, 0.05) is 46.8 Å². The summed E-state index contributed by atoms with van der Waals surface area (Å²) in [5.74, 6) is -0.680. The van der Waals surface area contributed by atoms with Crippen LogP contribution in [0.15, 0.2) is 42.5 Å². The Morgan fingerprint density at radius 2 is 2.00 bits per heavy atom. The molecule has 1 unspecified atom stereocenters. The Morgan fingerprint density at radius 1 is 1.26 bits per heavy atom. The number of rotatable bonds is 5. The van der Waals surface area contributed by atoms with Crippen molar-refractivity contribution < 1.29 is 14.5 Å². The topological polar surface area (TPSA) is 118 Å². The number of anilines is 2. The SMILES string of the molecule is Cc1c(C(=O)Nc2nnc(C3CC(=O)N(c4ccc(Cl)cc4)C3)s2)cccc1[N+](=O)[O-].